The zero-order valence-corrected chi connectivity index (χ0v) is 12.2. The van der Waals surface area contributed by atoms with Gasteiger partial charge >= 0.3 is 0 Å². The second-order valence-corrected chi connectivity index (χ2v) is 6.44. The Bertz CT molecular complexity index is 404. The Labute approximate surface area is 115 Å². The molecule has 1 amide bonds. The third-order valence-electron chi connectivity index (χ3n) is 2.25. The molecule has 1 rings (SSSR count). The second kappa shape index (κ2) is 5.94. The maximum atomic E-state index is 11.8. The van der Waals surface area contributed by atoms with Gasteiger partial charge in [-0.2, -0.15) is 11.8 Å². The van der Waals surface area contributed by atoms with Gasteiger partial charge in [0, 0.05) is 16.9 Å². The van der Waals surface area contributed by atoms with E-state index in [1.165, 1.54) is 12.1 Å². The summed E-state index contributed by atoms with van der Waals surface area (Å²) in [7, 11) is 0. The van der Waals surface area contributed by atoms with Gasteiger partial charge in [-0.1, -0.05) is 23.2 Å². The summed E-state index contributed by atoms with van der Waals surface area (Å²) in [6, 6.07) is 2.99. The normalized spacial score (nSPS) is 11.4. The standard InChI is InChI=1S/C11H14Cl2N2OS/c1-11(2,17-3)6-14-10(16)7-4-8(12)15-9(13)5-7/h4-5H,6H2,1-3H3,(H,14,16). The maximum Gasteiger partial charge on any atom is 0.251 e. The van der Waals surface area contributed by atoms with E-state index in [1.807, 2.05) is 6.26 Å². The molecule has 0 saturated heterocycles. The SMILES string of the molecule is CSC(C)(C)CNC(=O)c1cc(Cl)nc(Cl)c1. The number of aromatic nitrogens is 1. The third-order valence-corrected chi connectivity index (χ3v) is 3.89. The minimum atomic E-state index is -0.196. The van der Waals surface area contributed by atoms with Gasteiger partial charge in [0.1, 0.15) is 10.3 Å². The van der Waals surface area contributed by atoms with E-state index in [1.54, 1.807) is 11.8 Å². The first-order valence-electron chi connectivity index (χ1n) is 5.00. The van der Waals surface area contributed by atoms with Gasteiger partial charge in [0.25, 0.3) is 5.91 Å². The summed E-state index contributed by atoms with van der Waals surface area (Å²) in [5.41, 5.74) is 0.423. The summed E-state index contributed by atoms with van der Waals surface area (Å²) in [5.74, 6) is -0.196. The number of hydrogen-bond acceptors (Lipinski definition) is 3. The number of halogens is 2. The average molecular weight is 293 g/mol. The van der Waals surface area contributed by atoms with Crippen molar-refractivity contribution in [3.8, 4) is 0 Å². The molecule has 6 heteroatoms. The number of hydrogen-bond donors (Lipinski definition) is 1. The summed E-state index contributed by atoms with van der Waals surface area (Å²) in [4.78, 5) is 15.6. The first kappa shape index (κ1) is 14.6. The molecule has 0 bridgehead atoms. The van der Waals surface area contributed by atoms with E-state index >= 15 is 0 Å². The first-order chi connectivity index (χ1) is 7.84. The Morgan fingerprint density at radius 3 is 2.41 bits per heavy atom. The lowest BCUT2D eigenvalue weighted by atomic mass is 10.2. The number of thioether (sulfide) groups is 1. The molecule has 94 valence electrons. The van der Waals surface area contributed by atoms with Gasteiger partial charge in [0.15, 0.2) is 0 Å². The van der Waals surface area contributed by atoms with Crippen LogP contribution in [0.25, 0.3) is 0 Å². The predicted octanol–water partition coefficient (Wildman–Crippen LogP) is 3.26. The van der Waals surface area contributed by atoms with E-state index in [0.29, 0.717) is 12.1 Å². The van der Waals surface area contributed by atoms with Gasteiger partial charge in [-0.3, -0.25) is 4.79 Å². The molecule has 0 unspecified atom stereocenters. The molecular weight excluding hydrogens is 279 g/mol. The molecule has 17 heavy (non-hydrogen) atoms. The lowest BCUT2D eigenvalue weighted by molar-refractivity contribution is 0.0950. The van der Waals surface area contributed by atoms with Crippen molar-refractivity contribution in [3.05, 3.63) is 28.0 Å². The number of carbonyl (C=O) groups excluding carboxylic acids is 1. The molecule has 3 nitrogen and oxygen atoms in total. The molecular formula is C11H14Cl2N2OS. The van der Waals surface area contributed by atoms with Crippen LogP contribution in [0.15, 0.2) is 12.1 Å². The van der Waals surface area contributed by atoms with E-state index in [4.69, 9.17) is 23.2 Å². The molecule has 0 aliphatic heterocycles. The van der Waals surface area contributed by atoms with Crippen LogP contribution in [0.3, 0.4) is 0 Å². The van der Waals surface area contributed by atoms with Crippen molar-refractivity contribution < 1.29 is 4.79 Å². The number of carbonyl (C=O) groups is 1. The molecule has 1 N–H and O–H groups in total. The Hall–Kier alpha value is -0.450. The molecule has 1 aromatic rings. The van der Waals surface area contributed by atoms with Crippen molar-refractivity contribution in [1.82, 2.24) is 10.3 Å². The minimum Gasteiger partial charge on any atom is -0.351 e. The first-order valence-corrected chi connectivity index (χ1v) is 6.98. The summed E-state index contributed by atoms with van der Waals surface area (Å²) in [6.45, 7) is 4.69. The third kappa shape index (κ3) is 4.74. The molecule has 1 aromatic heterocycles. The lowest BCUT2D eigenvalue weighted by Crippen LogP contribution is -2.36. The Morgan fingerprint density at radius 2 is 1.94 bits per heavy atom. The molecule has 0 radical (unpaired) electrons. The van der Waals surface area contributed by atoms with Crippen LogP contribution in [-0.4, -0.2) is 28.4 Å². The molecule has 0 aliphatic rings. The van der Waals surface area contributed by atoms with E-state index in [0.717, 1.165) is 0 Å². The van der Waals surface area contributed by atoms with Crippen molar-refractivity contribution in [2.24, 2.45) is 0 Å². The fourth-order valence-electron chi connectivity index (χ4n) is 1.06. The molecule has 0 saturated carbocycles. The number of rotatable bonds is 4. The number of nitrogens with zero attached hydrogens (tertiary/aromatic N) is 1. The predicted molar refractivity (Wildman–Crippen MR) is 74.2 cm³/mol. The van der Waals surface area contributed by atoms with Gasteiger partial charge < -0.3 is 5.32 Å². The Morgan fingerprint density at radius 1 is 1.41 bits per heavy atom. The van der Waals surface area contributed by atoms with E-state index in [9.17, 15) is 4.79 Å². The van der Waals surface area contributed by atoms with Crippen molar-refractivity contribution in [3.63, 3.8) is 0 Å². The molecule has 0 aliphatic carbocycles. The largest absolute Gasteiger partial charge is 0.351 e. The van der Waals surface area contributed by atoms with E-state index in [-0.39, 0.29) is 21.0 Å². The minimum absolute atomic E-state index is 0.00369. The van der Waals surface area contributed by atoms with Crippen molar-refractivity contribution >= 4 is 40.9 Å². The topological polar surface area (TPSA) is 42.0 Å². The molecule has 0 aromatic carbocycles. The fourth-order valence-corrected chi connectivity index (χ4v) is 1.74. The summed E-state index contributed by atoms with van der Waals surface area (Å²) in [6.07, 6.45) is 2.01. The summed E-state index contributed by atoms with van der Waals surface area (Å²) < 4.78 is -0.00369. The maximum absolute atomic E-state index is 11.8. The van der Waals surface area contributed by atoms with Crippen molar-refractivity contribution in [2.45, 2.75) is 18.6 Å². The number of pyridine rings is 1. The molecule has 1 heterocycles. The van der Waals surface area contributed by atoms with Gasteiger partial charge in [0.2, 0.25) is 0 Å². The van der Waals surface area contributed by atoms with Crippen LogP contribution in [0.4, 0.5) is 0 Å². The molecule has 0 spiro atoms. The van der Waals surface area contributed by atoms with E-state index < -0.39 is 0 Å². The molecule has 0 fully saturated rings. The average Bonchev–Trinajstić information content (AvgIpc) is 2.24. The van der Waals surface area contributed by atoms with Gasteiger partial charge in [0.05, 0.1) is 0 Å². The van der Waals surface area contributed by atoms with Crippen LogP contribution in [-0.2, 0) is 0 Å². The van der Waals surface area contributed by atoms with Crippen LogP contribution in [0, 0.1) is 0 Å². The van der Waals surface area contributed by atoms with Gasteiger partial charge in [-0.05, 0) is 32.2 Å². The van der Waals surface area contributed by atoms with Crippen molar-refractivity contribution in [2.75, 3.05) is 12.8 Å². The van der Waals surface area contributed by atoms with Crippen LogP contribution in [0.2, 0.25) is 10.3 Å². The molecule has 0 atom stereocenters. The highest BCUT2D eigenvalue weighted by molar-refractivity contribution is 7.99. The van der Waals surface area contributed by atoms with Crippen LogP contribution in [0.1, 0.15) is 24.2 Å². The zero-order valence-electron chi connectivity index (χ0n) is 9.88. The van der Waals surface area contributed by atoms with Crippen LogP contribution < -0.4 is 5.32 Å². The quantitative estimate of drug-likeness (QED) is 0.866. The number of amides is 1. The summed E-state index contributed by atoms with van der Waals surface area (Å²) in [5, 5.41) is 3.27. The number of nitrogens with one attached hydrogen (secondary N) is 1. The van der Waals surface area contributed by atoms with Gasteiger partial charge in [-0.15, -0.1) is 0 Å². The highest BCUT2D eigenvalue weighted by Crippen LogP contribution is 2.20. The highest BCUT2D eigenvalue weighted by atomic mass is 35.5. The highest BCUT2D eigenvalue weighted by Gasteiger charge is 2.17. The van der Waals surface area contributed by atoms with Crippen LogP contribution >= 0.6 is 35.0 Å². The van der Waals surface area contributed by atoms with Crippen LogP contribution in [0.5, 0.6) is 0 Å². The summed E-state index contributed by atoms with van der Waals surface area (Å²) >= 11 is 13.2. The fraction of sp³-hybridized carbons (Fsp3) is 0.455. The van der Waals surface area contributed by atoms with Gasteiger partial charge in [-0.25, -0.2) is 4.98 Å². The second-order valence-electron chi connectivity index (χ2n) is 4.15. The Balaban J connectivity index is 2.70. The Kier molecular flexibility index (Phi) is 5.10. The smallest absolute Gasteiger partial charge is 0.251 e. The monoisotopic (exact) mass is 292 g/mol. The zero-order chi connectivity index (χ0) is 13.1. The lowest BCUT2D eigenvalue weighted by Gasteiger charge is -2.22. The van der Waals surface area contributed by atoms with Crippen molar-refractivity contribution in [1.29, 1.82) is 0 Å². The van der Waals surface area contributed by atoms with E-state index in [2.05, 4.69) is 24.1 Å².